The quantitative estimate of drug-likeness (QED) is 0.284. The third-order valence-corrected chi connectivity index (χ3v) is 9.23. The van der Waals surface area contributed by atoms with Gasteiger partial charge in [0, 0.05) is 13.6 Å². The van der Waals surface area contributed by atoms with Crippen LogP contribution in [0.2, 0.25) is 10.0 Å². The second-order valence-electron chi connectivity index (χ2n) is 9.88. The molecular weight excluding hydrogens is 569 g/mol. The summed E-state index contributed by atoms with van der Waals surface area (Å²) in [6.45, 7) is 7.28. The van der Waals surface area contributed by atoms with E-state index in [1.165, 1.54) is 24.1 Å². The van der Waals surface area contributed by atoms with Gasteiger partial charge in [-0.3, -0.25) is 13.9 Å². The highest BCUT2D eigenvalue weighted by atomic mass is 35.5. The molecule has 0 unspecified atom stereocenters. The van der Waals surface area contributed by atoms with Gasteiger partial charge in [0.05, 0.1) is 20.6 Å². The van der Waals surface area contributed by atoms with E-state index < -0.39 is 28.5 Å². The van der Waals surface area contributed by atoms with Crippen molar-refractivity contribution in [3.05, 3.63) is 93.5 Å². The number of nitrogens with one attached hydrogen (secondary N) is 1. The minimum absolute atomic E-state index is 0.0341. The van der Waals surface area contributed by atoms with Gasteiger partial charge in [-0.15, -0.1) is 0 Å². The summed E-state index contributed by atoms with van der Waals surface area (Å²) in [6.07, 6.45) is 0.320. The molecule has 0 fully saturated rings. The Balaban J connectivity index is 2.08. The third-order valence-electron chi connectivity index (χ3n) is 6.70. The predicted octanol–water partition coefficient (Wildman–Crippen LogP) is 6.17. The van der Waals surface area contributed by atoms with Crippen molar-refractivity contribution in [2.45, 2.75) is 57.5 Å². The van der Waals surface area contributed by atoms with Gasteiger partial charge in [-0.25, -0.2) is 8.42 Å². The Labute approximate surface area is 247 Å². The number of hydrogen-bond acceptors (Lipinski definition) is 4. The molecule has 0 aliphatic rings. The standard InChI is InChI=1S/C30H35Cl2N3O4S/c1-6-28(30(37)33-5)34(18-22-9-16-26(31)27(32)17-22)29(36)19-35(24-12-10-23(11-13-24)20(2)3)40(38,39)25-14-7-21(4)8-15-25/h7-17,20,28H,6,18-19H2,1-5H3,(H,33,37)/t28-/m1/s1. The number of sulfonamides is 1. The van der Waals surface area contributed by atoms with Crippen LogP contribution < -0.4 is 9.62 Å². The average Bonchev–Trinajstić information content (AvgIpc) is 2.93. The topological polar surface area (TPSA) is 86.8 Å². The zero-order valence-corrected chi connectivity index (χ0v) is 25.6. The van der Waals surface area contributed by atoms with Crippen LogP contribution in [-0.4, -0.2) is 44.8 Å². The molecule has 0 radical (unpaired) electrons. The van der Waals surface area contributed by atoms with E-state index in [1.54, 1.807) is 49.4 Å². The average molecular weight is 605 g/mol. The fraction of sp³-hybridized carbons (Fsp3) is 0.333. The Bertz CT molecular complexity index is 1440. The minimum atomic E-state index is -4.13. The van der Waals surface area contributed by atoms with Crippen LogP contribution in [0, 0.1) is 6.92 Å². The molecule has 0 bridgehead atoms. The lowest BCUT2D eigenvalue weighted by Gasteiger charge is -2.33. The van der Waals surface area contributed by atoms with Crippen LogP contribution in [0.15, 0.2) is 71.6 Å². The van der Waals surface area contributed by atoms with Crippen molar-refractivity contribution in [2.24, 2.45) is 0 Å². The van der Waals surface area contributed by atoms with Gasteiger partial charge in [0.2, 0.25) is 11.8 Å². The molecule has 214 valence electrons. The summed E-state index contributed by atoms with van der Waals surface area (Å²) in [5.41, 5.74) is 2.95. The monoisotopic (exact) mass is 603 g/mol. The number of anilines is 1. The Hall–Kier alpha value is -3.07. The SMILES string of the molecule is CC[C@H](C(=O)NC)N(Cc1ccc(Cl)c(Cl)c1)C(=O)CN(c1ccc(C(C)C)cc1)S(=O)(=O)c1ccc(C)cc1. The molecule has 1 atom stereocenters. The molecule has 0 aromatic heterocycles. The Morgan fingerprint density at radius 1 is 0.925 bits per heavy atom. The summed E-state index contributed by atoms with van der Waals surface area (Å²) >= 11 is 12.3. The van der Waals surface area contributed by atoms with Crippen LogP contribution in [0.1, 0.15) is 49.8 Å². The summed E-state index contributed by atoms with van der Waals surface area (Å²) in [5, 5.41) is 3.29. The summed E-state index contributed by atoms with van der Waals surface area (Å²) in [7, 11) is -2.63. The number of halogens is 2. The largest absolute Gasteiger partial charge is 0.357 e. The fourth-order valence-corrected chi connectivity index (χ4v) is 6.05. The lowest BCUT2D eigenvalue weighted by Crippen LogP contribution is -2.51. The second kappa shape index (κ2) is 13.5. The number of carbonyl (C=O) groups is 2. The number of aryl methyl sites for hydroxylation is 1. The number of rotatable bonds is 11. The minimum Gasteiger partial charge on any atom is -0.357 e. The van der Waals surface area contributed by atoms with Gasteiger partial charge < -0.3 is 10.2 Å². The van der Waals surface area contributed by atoms with Gasteiger partial charge >= 0.3 is 0 Å². The van der Waals surface area contributed by atoms with Crippen molar-refractivity contribution in [3.63, 3.8) is 0 Å². The van der Waals surface area contributed by atoms with Gasteiger partial charge in [-0.2, -0.15) is 0 Å². The van der Waals surface area contributed by atoms with E-state index in [2.05, 4.69) is 5.32 Å². The van der Waals surface area contributed by atoms with E-state index in [9.17, 15) is 18.0 Å². The van der Waals surface area contributed by atoms with Crippen LogP contribution in [0.3, 0.4) is 0 Å². The van der Waals surface area contributed by atoms with Crippen LogP contribution >= 0.6 is 23.2 Å². The van der Waals surface area contributed by atoms with Gasteiger partial charge in [0.1, 0.15) is 12.6 Å². The number of amides is 2. The maximum Gasteiger partial charge on any atom is 0.264 e. The maximum atomic E-state index is 14.0. The molecule has 0 aliphatic heterocycles. The van der Waals surface area contributed by atoms with Crippen LogP contribution in [-0.2, 0) is 26.2 Å². The first-order valence-corrected chi connectivity index (χ1v) is 15.2. The van der Waals surface area contributed by atoms with Crippen molar-refractivity contribution in [1.82, 2.24) is 10.2 Å². The van der Waals surface area contributed by atoms with E-state index >= 15 is 0 Å². The molecule has 0 spiro atoms. The summed E-state index contributed by atoms with van der Waals surface area (Å²) < 4.78 is 29.0. The summed E-state index contributed by atoms with van der Waals surface area (Å²) in [6, 6.07) is 17.7. The molecular formula is C30H35Cl2N3O4S. The van der Waals surface area contributed by atoms with E-state index in [-0.39, 0.29) is 23.3 Å². The van der Waals surface area contributed by atoms with E-state index in [0.29, 0.717) is 27.7 Å². The Morgan fingerprint density at radius 2 is 1.55 bits per heavy atom. The highest BCUT2D eigenvalue weighted by Gasteiger charge is 2.33. The first-order chi connectivity index (χ1) is 18.9. The van der Waals surface area contributed by atoms with Crippen LogP contribution in [0.4, 0.5) is 5.69 Å². The highest BCUT2D eigenvalue weighted by molar-refractivity contribution is 7.92. The van der Waals surface area contributed by atoms with Gasteiger partial charge in [-0.1, -0.05) is 79.9 Å². The van der Waals surface area contributed by atoms with E-state index in [4.69, 9.17) is 23.2 Å². The Kier molecular flexibility index (Phi) is 10.6. The third kappa shape index (κ3) is 7.36. The van der Waals surface area contributed by atoms with Crippen molar-refractivity contribution in [2.75, 3.05) is 17.9 Å². The number of carbonyl (C=O) groups excluding carboxylic acids is 2. The number of likely N-dealkylation sites (N-methyl/N-ethyl adjacent to an activating group) is 1. The molecule has 0 saturated heterocycles. The lowest BCUT2D eigenvalue weighted by molar-refractivity contribution is -0.140. The van der Waals surface area contributed by atoms with Crippen molar-refractivity contribution >= 4 is 50.7 Å². The fourth-order valence-electron chi connectivity index (χ4n) is 4.31. The van der Waals surface area contributed by atoms with Crippen LogP contribution in [0.25, 0.3) is 0 Å². The first-order valence-electron chi connectivity index (χ1n) is 13.0. The smallest absolute Gasteiger partial charge is 0.264 e. The van der Waals surface area contributed by atoms with E-state index in [1.807, 2.05) is 32.9 Å². The van der Waals surface area contributed by atoms with Gasteiger partial charge in [0.25, 0.3) is 10.0 Å². The van der Waals surface area contributed by atoms with Gasteiger partial charge in [0.15, 0.2) is 0 Å². The number of hydrogen-bond donors (Lipinski definition) is 1. The molecule has 3 aromatic carbocycles. The summed E-state index contributed by atoms with van der Waals surface area (Å²) in [5.74, 6) is -0.646. The van der Waals surface area contributed by atoms with Crippen molar-refractivity contribution < 1.29 is 18.0 Å². The van der Waals surface area contributed by atoms with E-state index in [0.717, 1.165) is 15.4 Å². The zero-order valence-electron chi connectivity index (χ0n) is 23.3. The maximum absolute atomic E-state index is 14.0. The molecule has 0 aliphatic carbocycles. The number of benzene rings is 3. The zero-order chi connectivity index (χ0) is 29.6. The highest BCUT2D eigenvalue weighted by Crippen LogP contribution is 2.28. The number of nitrogens with zero attached hydrogens (tertiary/aromatic N) is 2. The molecule has 1 N–H and O–H groups in total. The summed E-state index contributed by atoms with van der Waals surface area (Å²) in [4.78, 5) is 28.3. The molecule has 7 nitrogen and oxygen atoms in total. The molecule has 3 rings (SSSR count). The molecule has 2 amide bonds. The van der Waals surface area contributed by atoms with Crippen LogP contribution in [0.5, 0.6) is 0 Å². The molecule has 10 heteroatoms. The van der Waals surface area contributed by atoms with Crippen molar-refractivity contribution in [1.29, 1.82) is 0 Å². The normalized spacial score (nSPS) is 12.2. The Morgan fingerprint density at radius 3 is 2.08 bits per heavy atom. The predicted molar refractivity (Wildman–Crippen MR) is 161 cm³/mol. The first kappa shape index (κ1) is 31.5. The second-order valence-corrected chi connectivity index (χ2v) is 12.6. The van der Waals surface area contributed by atoms with Gasteiger partial charge in [-0.05, 0) is 66.8 Å². The molecule has 0 saturated carbocycles. The molecule has 3 aromatic rings. The molecule has 0 heterocycles. The molecule has 40 heavy (non-hydrogen) atoms. The van der Waals surface area contributed by atoms with Crippen molar-refractivity contribution in [3.8, 4) is 0 Å². The lowest BCUT2D eigenvalue weighted by atomic mass is 10.0.